The normalized spacial score (nSPS) is 15.6. The van der Waals surface area contributed by atoms with Gasteiger partial charge in [0, 0.05) is 18.6 Å². The lowest BCUT2D eigenvalue weighted by molar-refractivity contribution is -0.119. The van der Waals surface area contributed by atoms with Crippen LogP contribution in [-0.2, 0) is 16.1 Å². The minimum Gasteiger partial charge on any atom is -0.442 e. The van der Waals surface area contributed by atoms with E-state index in [4.69, 9.17) is 14.4 Å². The monoisotopic (exact) mass is 461 g/mol. The largest absolute Gasteiger partial charge is 0.442 e. The molecule has 4 rings (SSSR count). The van der Waals surface area contributed by atoms with Gasteiger partial charge in [-0.25, -0.2) is 18.0 Å². The highest BCUT2D eigenvalue weighted by molar-refractivity contribution is 5.90. The molecule has 11 heteroatoms. The van der Waals surface area contributed by atoms with Crippen LogP contribution in [-0.4, -0.2) is 41.5 Å². The van der Waals surface area contributed by atoms with Crippen molar-refractivity contribution < 1.29 is 37.1 Å². The van der Waals surface area contributed by atoms with Crippen molar-refractivity contribution in [2.24, 2.45) is 0 Å². The van der Waals surface area contributed by atoms with E-state index in [1.807, 2.05) is 0 Å². The third kappa shape index (κ3) is 4.53. The molecule has 2 aromatic carbocycles. The number of cyclic esters (lactones) is 1. The summed E-state index contributed by atoms with van der Waals surface area (Å²) in [6, 6.07) is 6.83. The van der Waals surface area contributed by atoms with E-state index in [1.165, 1.54) is 25.1 Å². The van der Waals surface area contributed by atoms with Gasteiger partial charge < -0.3 is 19.7 Å². The number of ether oxygens (including phenoxy) is 1. The van der Waals surface area contributed by atoms with Crippen LogP contribution in [0.3, 0.4) is 0 Å². The quantitative estimate of drug-likeness (QED) is 0.583. The fraction of sp³-hybridized carbons (Fsp3) is 0.227. The molecule has 2 N–H and O–H groups in total. The van der Waals surface area contributed by atoms with Crippen LogP contribution in [0.5, 0.6) is 0 Å². The minimum absolute atomic E-state index is 0.00576. The van der Waals surface area contributed by atoms with Crippen LogP contribution in [0.1, 0.15) is 12.7 Å². The second-order valence-corrected chi connectivity index (χ2v) is 7.37. The molecule has 0 bridgehead atoms. The van der Waals surface area contributed by atoms with Crippen molar-refractivity contribution in [3.63, 3.8) is 0 Å². The summed E-state index contributed by atoms with van der Waals surface area (Å²) in [7, 11) is 0. The Labute approximate surface area is 185 Å². The summed E-state index contributed by atoms with van der Waals surface area (Å²) in [5.41, 5.74) is -0.440. The predicted octanol–water partition coefficient (Wildman–Crippen LogP) is 3.38. The van der Waals surface area contributed by atoms with E-state index >= 15 is 0 Å². The molecule has 3 aromatic rings. The fourth-order valence-electron chi connectivity index (χ4n) is 3.48. The summed E-state index contributed by atoms with van der Waals surface area (Å²) in [5, 5.41) is 15.2. The van der Waals surface area contributed by atoms with Gasteiger partial charge in [0.1, 0.15) is 35.9 Å². The van der Waals surface area contributed by atoms with Crippen LogP contribution in [0.15, 0.2) is 40.9 Å². The van der Waals surface area contributed by atoms with E-state index in [2.05, 4.69) is 10.5 Å². The Kier molecular flexibility index (Phi) is 6.05. The molecule has 1 atom stereocenters. The maximum absolute atomic E-state index is 14.9. The van der Waals surface area contributed by atoms with Crippen LogP contribution < -0.4 is 10.2 Å². The first-order chi connectivity index (χ1) is 15.8. The van der Waals surface area contributed by atoms with Gasteiger partial charge in [0.15, 0.2) is 5.76 Å². The molecule has 0 spiro atoms. The maximum atomic E-state index is 14.9. The number of carbonyl (C=O) groups excluding carboxylic acids is 2. The van der Waals surface area contributed by atoms with Gasteiger partial charge in [0.2, 0.25) is 5.91 Å². The number of amides is 2. The van der Waals surface area contributed by atoms with Crippen LogP contribution in [0.4, 0.5) is 23.7 Å². The lowest BCUT2D eigenvalue weighted by atomic mass is 10.0. The Morgan fingerprint density at radius 1 is 1.18 bits per heavy atom. The number of aliphatic hydroxyl groups is 1. The lowest BCUT2D eigenvalue weighted by Crippen LogP contribution is -2.33. The number of hydrogen-bond donors (Lipinski definition) is 2. The zero-order chi connectivity index (χ0) is 23.7. The molecule has 1 aliphatic heterocycles. The summed E-state index contributed by atoms with van der Waals surface area (Å²) in [4.78, 5) is 24.2. The topological polar surface area (TPSA) is 105 Å². The average molecular weight is 461 g/mol. The fourth-order valence-corrected chi connectivity index (χ4v) is 3.48. The van der Waals surface area contributed by atoms with Gasteiger partial charge in [-0.2, -0.15) is 0 Å². The number of rotatable bonds is 6. The molecule has 1 aliphatic rings. The molecule has 33 heavy (non-hydrogen) atoms. The SMILES string of the molecule is CC(=O)NCC1CN(c2cc(F)c(-c3ccc(-c4cc(CO)on4)c(F)c3)c(F)c2)C(=O)O1. The van der Waals surface area contributed by atoms with Gasteiger partial charge >= 0.3 is 6.09 Å². The molecule has 1 saturated heterocycles. The first-order valence-corrected chi connectivity index (χ1v) is 9.85. The zero-order valence-corrected chi connectivity index (χ0v) is 17.3. The molecular formula is C22H18F3N3O5. The highest BCUT2D eigenvalue weighted by Crippen LogP contribution is 2.34. The van der Waals surface area contributed by atoms with E-state index in [0.29, 0.717) is 0 Å². The van der Waals surface area contributed by atoms with Gasteiger partial charge in [-0.3, -0.25) is 9.69 Å². The van der Waals surface area contributed by atoms with E-state index in [0.717, 1.165) is 23.1 Å². The van der Waals surface area contributed by atoms with Gasteiger partial charge in [-0.1, -0.05) is 11.2 Å². The van der Waals surface area contributed by atoms with Crippen molar-refractivity contribution in [2.45, 2.75) is 19.6 Å². The maximum Gasteiger partial charge on any atom is 0.414 e. The van der Waals surface area contributed by atoms with Crippen LogP contribution >= 0.6 is 0 Å². The Balaban J connectivity index is 1.59. The minimum atomic E-state index is -1.00. The average Bonchev–Trinajstić information content (AvgIpc) is 3.38. The molecule has 1 unspecified atom stereocenters. The third-order valence-electron chi connectivity index (χ3n) is 5.04. The molecule has 2 amide bonds. The molecule has 0 radical (unpaired) electrons. The van der Waals surface area contributed by atoms with Crippen molar-refractivity contribution in [3.8, 4) is 22.4 Å². The van der Waals surface area contributed by atoms with E-state index < -0.39 is 41.8 Å². The molecule has 8 nitrogen and oxygen atoms in total. The van der Waals surface area contributed by atoms with Crippen molar-refractivity contribution in [1.29, 1.82) is 0 Å². The number of halogens is 3. The Hall–Kier alpha value is -3.86. The number of nitrogens with zero attached hydrogens (tertiary/aromatic N) is 2. The Morgan fingerprint density at radius 2 is 1.91 bits per heavy atom. The standard InChI is InChI=1S/C22H18F3N3O5/c1-11(30)26-8-15-9-28(22(31)32-15)13-5-18(24)21(19(25)6-13)12-2-3-16(17(23)4-12)20-7-14(10-29)33-27-20/h2-7,15,29H,8-10H2,1H3,(H,26,30). The molecular weight excluding hydrogens is 443 g/mol. The summed E-state index contributed by atoms with van der Waals surface area (Å²) in [6.07, 6.45) is -1.47. The van der Waals surface area contributed by atoms with Crippen molar-refractivity contribution in [2.75, 3.05) is 18.0 Å². The van der Waals surface area contributed by atoms with E-state index in [-0.39, 0.29) is 47.3 Å². The number of aromatic nitrogens is 1. The second kappa shape index (κ2) is 8.94. The number of anilines is 1. The second-order valence-electron chi connectivity index (χ2n) is 7.37. The van der Waals surface area contributed by atoms with Crippen molar-refractivity contribution >= 4 is 17.7 Å². The molecule has 0 aliphatic carbocycles. The molecule has 1 fully saturated rings. The van der Waals surface area contributed by atoms with Crippen molar-refractivity contribution in [3.05, 3.63) is 59.6 Å². The van der Waals surface area contributed by atoms with Crippen LogP contribution in [0, 0.1) is 17.5 Å². The van der Waals surface area contributed by atoms with Crippen LogP contribution in [0.2, 0.25) is 0 Å². The number of nitrogens with one attached hydrogen (secondary N) is 1. The molecule has 0 saturated carbocycles. The van der Waals surface area contributed by atoms with Gasteiger partial charge in [-0.15, -0.1) is 0 Å². The third-order valence-corrected chi connectivity index (χ3v) is 5.04. The lowest BCUT2D eigenvalue weighted by Gasteiger charge is -2.15. The summed E-state index contributed by atoms with van der Waals surface area (Å²) in [6.45, 7) is 0.964. The molecule has 172 valence electrons. The van der Waals surface area contributed by atoms with Crippen molar-refractivity contribution in [1.82, 2.24) is 10.5 Å². The summed E-state index contributed by atoms with van der Waals surface area (Å²) < 4.78 is 54.4. The zero-order valence-electron chi connectivity index (χ0n) is 17.3. The Bertz CT molecular complexity index is 1210. The molecule has 2 heterocycles. The number of hydrogen-bond acceptors (Lipinski definition) is 6. The van der Waals surface area contributed by atoms with E-state index in [1.54, 1.807) is 0 Å². The number of aliphatic hydroxyl groups excluding tert-OH is 1. The Morgan fingerprint density at radius 3 is 2.52 bits per heavy atom. The number of carbonyl (C=O) groups is 2. The molecule has 1 aromatic heterocycles. The van der Waals surface area contributed by atoms with Gasteiger partial charge in [0.05, 0.1) is 24.3 Å². The van der Waals surface area contributed by atoms with Gasteiger partial charge in [-0.05, 0) is 29.8 Å². The number of benzene rings is 2. The highest BCUT2D eigenvalue weighted by Gasteiger charge is 2.33. The first-order valence-electron chi connectivity index (χ1n) is 9.85. The highest BCUT2D eigenvalue weighted by atomic mass is 19.1. The van der Waals surface area contributed by atoms with Crippen LogP contribution in [0.25, 0.3) is 22.4 Å². The van der Waals surface area contributed by atoms with Gasteiger partial charge in [0.25, 0.3) is 0 Å². The first kappa shape index (κ1) is 22.3. The predicted molar refractivity (Wildman–Crippen MR) is 109 cm³/mol. The summed E-state index contributed by atoms with van der Waals surface area (Å²) in [5.74, 6) is -2.96. The van der Waals surface area contributed by atoms with E-state index in [9.17, 15) is 22.8 Å². The smallest absolute Gasteiger partial charge is 0.414 e. The summed E-state index contributed by atoms with van der Waals surface area (Å²) >= 11 is 0.